The van der Waals surface area contributed by atoms with Crippen LogP contribution in [0.5, 0.6) is 0 Å². The van der Waals surface area contributed by atoms with Gasteiger partial charge in [-0.3, -0.25) is 9.97 Å². The molecule has 0 bridgehead atoms. The second-order valence-electron chi connectivity index (χ2n) is 2.72. The molecule has 0 fully saturated rings. The highest BCUT2D eigenvalue weighted by molar-refractivity contribution is 5.58. The van der Waals surface area contributed by atoms with Crippen LogP contribution < -0.4 is 0 Å². The molecule has 0 aromatic carbocycles. The first-order valence-electron chi connectivity index (χ1n) is 3.99. The summed E-state index contributed by atoms with van der Waals surface area (Å²) in [6, 6.07) is 4.04. The van der Waals surface area contributed by atoms with E-state index in [-0.39, 0.29) is 5.69 Å². The molecule has 2 aromatic rings. The summed E-state index contributed by atoms with van der Waals surface area (Å²) in [6.45, 7) is 0. The van der Waals surface area contributed by atoms with Crippen molar-refractivity contribution in [1.82, 2.24) is 9.97 Å². The molecular weight excluding hydrogens is 186 g/mol. The van der Waals surface area contributed by atoms with Crippen molar-refractivity contribution in [2.24, 2.45) is 0 Å². The van der Waals surface area contributed by atoms with Crippen LogP contribution in [0.2, 0.25) is 0 Å². The second-order valence-corrected chi connectivity index (χ2v) is 2.72. The fourth-order valence-corrected chi connectivity index (χ4v) is 1.14. The number of pyridine rings is 2. The number of nitrogens with zero attached hydrogens (tertiary/aromatic N) is 2. The summed E-state index contributed by atoms with van der Waals surface area (Å²) < 4.78 is 25.8. The predicted octanol–water partition coefficient (Wildman–Crippen LogP) is 2.42. The number of hydrogen-bond acceptors (Lipinski definition) is 2. The maximum atomic E-state index is 13.2. The standard InChI is InChI=1S/C10H6F2N2/c11-8-5-9(12)10(14-6-8)7-1-3-13-4-2-7/h1-6H. The van der Waals surface area contributed by atoms with Crippen molar-refractivity contribution in [1.29, 1.82) is 0 Å². The summed E-state index contributed by atoms with van der Waals surface area (Å²) in [5, 5.41) is 0. The SMILES string of the molecule is Fc1cnc(-c2ccncc2)c(F)c1. The van der Waals surface area contributed by atoms with Gasteiger partial charge in [-0.1, -0.05) is 0 Å². The van der Waals surface area contributed by atoms with Gasteiger partial charge in [0, 0.05) is 24.0 Å². The van der Waals surface area contributed by atoms with Crippen molar-refractivity contribution in [3.8, 4) is 11.3 Å². The number of rotatable bonds is 1. The lowest BCUT2D eigenvalue weighted by atomic mass is 10.2. The summed E-state index contributed by atoms with van der Waals surface area (Å²) in [6.07, 6.45) is 4.04. The molecular formula is C10H6F2N2. The molecule has 0 aliphatic rings. The largest absolute Gasteiger partial charge is 0.265 e. The number of hydrogen-bond donors (Lipinski definition) is 0. The van der Waals surface area contributed by atoms with Crippen molar-refractivity contribution in [3.63, 3.8) is 0 Å². The molecule has 0 unspecified atom stereocenters. The van der Waals surface area contributed by atoms with E-state index in [0.717, 1.165) is 12.3 Å². The minimum atomic E-state index is -0.680. The zero-order chi connectivity index (χ0) is 9.97. The van der Waals surface area contributed by atoms with Crippen molar-refractivity contribution in [2.45, 2.75) is 0 Å². The highest BCUT2D eigenvalue weighted by atomic mass is 19.1. The van der Waals surface area contributed by atoms with Crippen LogP contribution in [0, 0.1) is 11.6 Å². The van der Waals surface area contributed by atoms with Gasteiger partial charge in [0.1, 0.15) is 11.5 Å². The van der Waals surface area contributed by atoms with Crippen molar-refractivity contribution in [3.05, 3.63) is 48.4 Å². The first-order chi connectivity index (χ1) is 6.77. The first kappa shape index (κ1) is 8.74. The maximum absolute atomic E-state index is 13.2. The Balaban J connectivity index is 2.53. The Labute approximate surface area is 79.3 Å². The van der Waals surface area contributed by atoms with E-state index in [1.54, 1.807) is 12.1 Å². The van der Waals surface area contributed by atoms with E-state index in [4.69, 9.17) is 0 Å². The van der Waals surface area contributed by atoms with Crippen LogP contribution in [0.4, 0.5) is 8.78 Å². The molecule has 0 saturated heterocycles. The van der Waals surface area contributed by atoms with E-state index in [0.29, 0.717) is 5.56 Å². The first-order valence-corrected chi connectivity index (χ1v) is 3.99. The molecule has 2 rings (SSSR count). The Morgan fingerprint density at radius 3 is 2.43 bits per heavy atom. The average molecular weight is 192 g/mol. The van der Waals surface area contributed by atoms with Crippen LogP contribution in [0.15, 0.2) is 36.8 Å². The third-order valence-corrected chi connectivity index (χ3v) is 1.76. The zero-order valence-corrected chi connectivity index (χ0v) is 7.11. The second kappa shape index (κ2) is 3.49. The Morgan fingerprint density at radius 2 is 1.79 bits per heavy atom. The van der Waals surface area contributed by atoms with Crippen LogP contribution in [0.1, 0.15) is 0 Å². The van der Waals surface area contributed by atoms with Gasteiger partial charge in [-0.05, 0) is 12.1 Å². The average Bonchev–Trinajstić information content (AvgIpc) is 2.19. The smallest absolute Gasteiger partial charge is 0.152 e. The summed E-state index contributed by atoms with van der Waals surface area (Å²) in [4.78, 5) is 7.46. The minimum absolute atomic E-state index is 0.133. The van der Waals surface area contributed by atoms with Crippen LogP contribution in [0.3, 0.4) is 0 Å². The van der Waals surface area contributed by atoms with Gasteiger partial charge < -0.3 is 0 Å². The van der Waals surface area contributed by atoms with E-state index < -0.39 is 11.6 Å². The quantitative estimate of drug-likeness (QED) is 0.693. The molecule has 0 spiro atoms. The van der Waals surface area contributed by atoms with E-state index in [9.17, 15) is 8.78 Å². The van der Waals surface area contributed by atoms with Crippen molar-refractivity contribution in [2.75, 3.05) is 0 Å². The molecule has 0 N–H and O–H groups in total. The van der Waals surface area contributed by atoms with E-state index in [1.165, 1.54) is 12.4 Å². The van der Waals surface area contributed by atoms with Gasteiger partial charge in [0.05, 0.1) is 6.20 Å². The van der Waals surface area contributed by atoms with E-state index in [2.05, 4.69) is 9.97 Å². The lowest BCUT2D eigenvalue weighted by Crippen LogP contribution is -1.90. The summed E-state index contributed by atoms with van der Waals surface area (Å²) >= 11 is 0. The van der Waals surface area contributed by atoms with Crippen molar-refractivity contribution < 1.29 is 8.78 Å². The van der Waals surface area contributed by atoms with E-state index >= 15 is 0 Å². The van der Waals surface area contributed by atoms with Crippen LogP contribution in [-0.2, 0) is 0 Å². The summed E-state index contributed by atoms with van der Waals surface area (Å²) in [5.74, 6) is -1.35. The highest BCUT2D eigenvalue weighted by Crippen LogP contribution is 2.19. The fourth-order valence-electron chi connectivity index (χ4n) is 1.14. The number of halogens is 2. The predicted molar refractivity (Wildman–Crippen MR) is 47.4 cm³/mol. The summed E-state index contributed by atoms with van der Waals surface area (Å²) in [7, 11) is 0. The van der Waals surface area contributed by atoms with Gasteiger partial charge in [-0.15, -0.1) is 0 Å². The molecule has 0 saturated carbocycles. The third kappa shape index (κ3) is 1.59. The third-order valence-electron chi connectivity index (χ3n) is 1.76. The lowest BCUT2D eigenvalue weighted by molar-refractivity contribution is 0.576. The lowest BCUT2D eigenvalue weighted by Gasteiger charge is -2.00. The zero-order valence-electron chi connectivity index (χ0n) is 7.11. The monoisotopic (exact) mass is 192 g/mol. The molecule has 0 aliphatic heterocycles. The molecule has 2 nitrogen and oxygen atoms in total. The van der Waals surface area contributed by atoms with Gasteiger partial charge in [0.25, 0.3) is 0 Å². The van der Waals surface area contributed by atoms with Gasteiger partial charge in [-0.2, -0.15) is 0 Å². The Bertz CT molecular complexity index is 443. The van der Waals surface area contributed by atoms with E-state index in [1.807, 2.05) is 0 Å². The molecule has 2 aromatic heterocycles. The molecule has 0 amide bonds. The topological polar surface area (TPSA) is 25.8 Å². The molecule has 2 heterocycles. The highest BCUT2D eigenvalue weighted by Gasteiger charge is 2.06. The Hall–Kier alpha value is -1.84. The molecule has 0 aliphatic carbocycles. The van der Waals surface area contributed by atoms with Crippen molar-refractivity contribution >= 4 is 0 Å². The van der Waals surface area contributed by atoms with Crippen LogP contribution in [-0.4, -0.2) is 9.97 Å². The molecule has 0 atom stereocenters. The molecule has 0 radical (unpaired) electrons. The molecule has 14 heavy (non-hydrogen) atoms. The van der Waals surface area contributed by atoms with Gasteiger partial charge in [0.15, 0.2) is 5.82 Å². The van der Waals surface area contributed by atoms with Gasteiger partial charge in [-0.25, -0.2) is 8.78 Å². The normalized spacial score (nSPS) is 10.1. The van der Waals surface area contributed by atoms with Crippen LogP contribution in [0.25, 0.3) is 11.3 Å². The summed E-state index contributed by atoms with van der Waals surface area (Å²) in [5.41, 5.74) is 0.714. The Kier molecular flexibility index (Phi) is 2.18. The van der Waals surface area contributed by atoms with Gasteiger partial charge >= 0.3 is 0 Å². The molecule has 70 valence electrons. The van der Waals surface area contributed by atoms with Crippen LogP contribution >= 0.6 is 0 Å². The Morgan fingerprint density at radius 1 is 1.07 bits per heavy atom. The molecule has 4 heteroatoms. The number of aromatic nitrogens is 2. The fraction of sp³-hybridized carbons (Fsp3) is 0. The van der Waals surface area contributed by atoms with Gasteiger partial charge in [0.2, 0.25) is 0 Å². The minimum Gasteiger partial charge on any atom is -0.265 e. The maximum Gasteiger partial charge on any atom is 0.152 e.